The Hall–Kier alpha value is -1.72. The predicted molar refractivity (Wildman–Crippen MR) is 84.1 cm³/mol. The lowest BCUT2D eigenvalue weighted by atomic mass is 10.1. The standard InChI is InChI=1S/C15H15ClN2O2S/c1-11(12-5-4-6-13(16)9-12)17-14(19)10-21-15-7-2-3-8-18(15)20/h2-9,11H,10H2,1H3,(H,17,19)/t11-/m0/s1. The quantitative estimate of drug-likeness (QED) is 0.523. The number of halogens is 1. The van der Waals surface area contributed by atoms with Crippen molar-refractivity contribution in [1.29, 1.82) is 0 Å². The van der Waals surface area contributed by atoms with Crippen LogP contribution in [0.4, 0.5) is 0 Å². The zero-order chi connectivity index (χ0) is 15.2. The Morgan fingerprint density at radius 1 is 1.38 bits per heavy atom. The topological polar surface area (TPSA) is 56.0 Å². The molecule has 0 bridgehead atoms. The first-order valence-electron chi connectivity index (χ1n) is 6.42. The molecule has 6 heteroatoms. The zero-order valence-corrected chi connectivity index (χ0v) is 13.0. The van der Waals surface area contributed by atoms with Crippen LogP contribution in [-0.2, 0) is 4.79 Å². The number of nitrogens with zero attached hydrogens (tertiary/aromatic N) is 1. The van der Waals surface area contributed by atoms with E-state index in [9.17, 15) is 10.0 Å². The van der Waals surface area contributed by atoms with Gasteiger partial charge in [0.05, 0.1) is 11.8 Å². The summed E-state index contributed by atoms with van der Waals surface area (Å²) < 4.78 is 0.748. The first kappa shape index (κ1) is 15.7. The van der Waals surface area contributed by atoms with Crippen molar-refractivity contribution in [3.05, 3.63) is 64.5 Å². The number of carbonyl (C=O) groups is 1. The normalized spacial score (nSPS) is 11.9. The smallest absolute Gasteiger partial charge is 0.251 e. The van der Waals surface area contributed by atoms with Crippen molar-refractivity contribution >= 4 is 29.3 Å². The maximum Gasteiger partial charge on any atom is 0.251 e. The van der Waals surface area contributed by atoms with E-state index < -0.39 is 0 Å². The summed E-state index contributed by atoms with van der Waals surface area (Å²) in [7, 11) is 0. The van der Waals surface area contributed by atoms with Crippen LogP contribution in [0, 0.1) is 5.21 Å². The number of thioether (sulfide) groups is 1. The summed E-state index contributed by atoms with van der Waals surface area (Å²) in [6.45, 7) is 1.89. The molecule has 1 aromatic carbocycles. The van der Waals surface area contributed by atoms with Gasteiger partial charge in [-0.1, -0.05) is 23.7 Å². The molecule has 1 aromatic heterocycles. The second kappa shape index (κ2) is 7.33. The van der Waals surface area contributed by atoms with Crippen LogP contribution in [-0.4, -0.2) is 11.7 Å². The number of hydrogen-bond acceptors (Lipinski definition) is 3. The Bertz CT molecular complexity index is 637. The van der Waals surface area contributed by atoms with E-state index in [1.165, 1.54) is 18.0 Å². The van der Waals surface area contributed by atoms with E-state index >= 15 is 0 Å². The SMILES string of the molecule is C[C@H](NC(=O)CSc1cccc[n+]1[O-])c1cccc(Cl)c1. The zero-order valence-electron chi connectivity index (χ0n) is 11.5. The van der Waals surface area contributed by atoms with Gasteiger partial charge in [-0.15, -0.1) is 0 Å². The molecule has 4 nitrogen and oxygen atoms in total. The van der Waals surface area contributed by atoms with E-state index in [1.54, 1.807) is 24.3 Å². The third-order valence-corrected chi connectivity index (χ3v) is 4.12. The fourth-order valence-electron chi connectivity index (χ4n) is 1.81. The highest BCUT2D eigenvalue weighted by Gasteiger charge is 2.12. The maximum absolute atomic E-state index is 11.9. The summed E-state index contributed by atoms with van der Waals surface area (Å²) in [5, 5.41) is 15.5. The van der Waals surface area contributed by atoms with E-state index in [0.717, 1.165) is 10.3 Å². The summed E-state index contributed by atoms with van der Waals surface area (Å²) in [6, 6.07) is 12.3. The summed E-state index contributed by atoms with van der Waals surface area (Å²) >= 11 is 7.14. The molecule has 0 fully saturated rings. The van der Waals surface area contributed by atoms with Gasteiger partial charge >= 0.3 is 0 Å². The monoisotopic (exact) mass is 322 g/mol. The van der Waals surface area contributed by atoms with Crippen LogP contribution in [0.1, 0.15) is 18.5 Å². The first-order chi connectivity index (χ1) is 10.1. The van der Waals surface area contributed by atoms with E-state index in [2.05, 4.69) is 5.32 Å². The molecule has 0 aliphatic carbocycles. The largest absolute Gasteiger partial charge is 0.618 e. The van der Waals surface area contributed by atoms with Gasteiger partial charge in [-0.2, -0.15) is 4.73 Å². The van der Waals surface area contributed by atoms with Crippen LogP contribution < -0.4 is 10.0 Å². The van der Waals surface area contributed by atoms with Crippen LogP contribution in [0.5, 0.6) is 0 Å². The second-order valence-corrected chi connectivity index (χ2v) is 5.93. The molecule has 2 rings (SSSR count). The van der Waals surface area contributed by atoms with Crippen LogP contribution >= 0.6 is 23.4 Å². The van der Waals surface area contributed by atoms with Crippen molar-refractivity contribution in [2.75, 3.05) is 5.75 Å². The third kappa shape index (κ3) is 4.65. The van der Waals surface area contributed by atoms with Crippen molar-refractivity contribution in [3.8, 4) is 0 Å². The molecule has 110 valence electrons. The number of pyridine rings is 1. The van der Waals surface area contributed by atoms with E-state index in [4.69, 9.17) is 11.6 Å². The van der Waals surface area contributed by atoms with Gasteiger partial charge in [-0.25, -0.2) is 0 Å². The lowest BCUT2D eigenvalue weighted by molar-refractivity contribution is -0.645. The van der Waals surface area contributed by atoms with Crippen LogP contribution in [0.25, 0.3) is 0 Å². The molecular weight excluding hydrogens is 308 g/mol. The maximum atomic E-state index is 11.9. The Kier molecular flexibility index (Phi) is 5.47. The number of nitrogens with one attached hydrogen (secondary N) is 1. The summed E-state index contributed by atoms with van der Waals surface area (Å²) in [6.07, 6.45) is 1.41. The molecular formula is C15H15ClN2O2S. The molecule has 1 heterocycles. The molecule has 1 N–H and O–H groups in total. The minimum Gasteiger partial charge on any atom is -0.618 e. The highest BCUT2D eigenvalue weighted by molar-refractivity contribution is 7.99. The minimum atomic E-state index is -0.132. The fourth-order valence-corrected chi connectivity index (χ4v) is 2.73. The molecule has 0 saturated carbocycles. The molecule has 0 spiro atoms. The predicted octanol–water partition coefficient (Wildman–Crippen LogP) is 2.94. The van der Waals surface area contributed by atoms with Crippen molar-refractivity contribution in [2.45, 2.75) is 18.0 Å². The molecule has 2 aromatic rings. The lowest BCUT2D eigenvalue weighted by Gasteiger charge is -2.14. The van der Waals surface area contributed by atoms with E-state index in [0.29, 0.717) is 10.0 Å². The van der Waals surface area contributed by atoms with Crippen molar-refractivity contribution in [1.82, 2.24) is 5.32 Å². The molecule has 0 aliphatic rings. The van der Waals surface area contributed by atoms with Gasteiger partial charge in [0.1, 0.15) is 0 Å². The van der Waals surface area contributed by atoms with Crippen LogP contribution in [0.2, 0.25) is 5.02 Å². The number of rotatable bonds is 5. The van der Waals surface area contributed by atoms with Gasteiger partial charge in [0, 0.05) is 17.2 Å². The number of aromatic nitrogens is 1. The van der Waals surface area contributed by atoms with Crippen LogP contribution in [0.3, 0.4) is 0 Å². The van der Waals surface area contributed by atoms with E-state index in [1.807, 2.05) is 25.1 Å². The Morgan fingerprint density at radius 2 is 2.19 bits per heavy atom. The van der Waals surface area contributed by atoms with Gasteiger partial charge in [-0.3, -0.25) is 4.79 Å². The number of carbonyl (C=O) groups excluding carboxylic acids is 1. The molecule has 1 amide bonds. The molecule has 21 heavy (non-hydrogen) atoms. The molecule has 1 atom stereocenters. The van der Waals surface area contributed by atoms with Gasteiger partial charge in [0.15, 0.2) is 6.20 Å². The second-order valence-electron chi connectivity index (χ2n) is 4.50. The van der Waals surface area contributed by atoms with Crippen molar-refractivity contribution in [2.24, 2.45) is 0 Å². The fraction of sp³-hybridized carbons (Fsp3) is 0.200. The van der Waals surface area contributed by atoms with Gasteiger partial charge in [-0.05, 0) is 42.4 Å². The Morgan fingerprint density at radius 3 is 2.90 bits per heavy atom. The molecule has 0 saturated heterocycles. The average Bonchev–Trinajstić information content (AvgIpc) is 2.46. The number of hydrogen-bond donors (Lipinski definition) is 1. The summed E-state index contributed by atoms with van der Waals surface area (Å²) in [5.74, 6) is 0.0632. The summed E-state index contributed by atoms with van der Waals surface area (Å²) in [4.78, 5) is 11.9. The minimum absolute atomic E-state index is 0.128. The van der Waals surface area contributed by atoms with Crippen molar-refractivity contribution < 1.29 is 9.52 Å². The Balaban J connectivity index is 1.89. The Labute approximate surface area is 132 Å². The van der Waals surface area contributed by atoms with Crippen LogP contribution in [0.15, 0.2) is 53.7 Å². The highest BCUT2D eigenvalue weighted by Crippen LogP contribution is 2.18. The highest BCUT2D eigenvalue weighted by atomic mass is 35.5. The summed E-state index contributed by atoms with van der Waals surface area (Å²) in [5.41, 5.74) is 0.944. The van der Waals surface area contributed by atoms with E-state index in [-0.39, 0.29) is 17.7 Å². The number of amides is 1. The van der Waals surface area contributed by atoms with Crippen molar-refractivity contribution in [3.63, 3.8) is 0 Å². The molecule has 0 radical (unpaired) electrons. The van der Waals surface area contributed by atoms with Gasteiger partial charge in [0.2, 0.25) is 5.91 Å². The number of benzene rings is 1. The molecule has 0 aliphatic heterocycles. The first-order valence-corrected chi connectivity index (χ1v) is 7.78. The average molecular weight is 323 g/mol. The lowest BCUT2D eigenvalue weighted by Crippen LogP contribution is -2.31. The van der Waals surface area contributed by atoms with Gasteiger partial charge < -0.3 is 10.5 Å². The third-order valence-electron chi connectivity index (χ3n) is 2.87. The molecule has 0 unspecified atom stereocenters. The van der Waals surface area contributed by atoms with Gasteiger partial charge in [0.25, 0.3) is 5.03 Å².